The number of aromatic nitrogens is 1. The lowest BCUT2D eigenvalue weighted by molar-refractivity contribution is -0.120. The van der Waals surface area contributed by atoms with Crippen LogP contribution in [0, 0.1) is 0 Å². The second-order valence-electron chi connectivity index (χ2n) is 4.11. The fourth-order valence-corrected chi connectivity index (χ4v) is 1.67. The Kier molecular flexibility index (Phi) is 6.79. The van der Waals surface area contributed by atoms with Gasteiger partial charge in [0.25, 0.3) is 5.91 Å². The summed E-state index contributed by atoms with van der Waals surface area (Å²) in [6.45, 7) is 5.04. The van der Waals surface area contributed by atoms with Gasteiger partial charge in [-0.15, -0.1) is 0 Å². The van der Waals surface area contributed by atoms with Gasteiger partial charge in [0.1, 0.15) is 5.82 Å². The number of hydrogen-bond donors (Lipinski definition) is 3. The molecule has 0 saturated heterocycles. The normalized spacial score (nSPS) is 9.95. The molecule has 110 valence electrons. The predicted molar refractivity (Wildman–Crippen MR) is 79.0 cm³/mol. The van der Waals surface area contributed by atoms with Crippen molar-refractivity contribution in [3.63, 3.8) is 0 Å². The Morgan fingerprint density at radius 3 is 2.70 bits per heavy atom. The Morgan fingerprint density at radius 1 is 1.30 bits per heavy atom. The van der Waals surface area contributed by atoms with Gasteiger partial charge in [-0.2, -0.15) is 0 Å². The van der Waals surface area contributed by atoms with Crippen LogP contribution in [0.25, 0.3) is 0 Å². The number of amides is 2. The number of carbonyl (C=O) groups is 2. The molecule has 0 saturated carbocycles. The molecule has 0 aliphatic heterocycles. The van der Waals surface area contributed by atoms with Gasteiger partial charge in [0, 0.05) is 19.3 Å². The van der Waals surface area contributed by atoms with E-state index >= 15 is 0 Å². The summed E-state index contributed by atoms with van der Waals surface area (Å²) in [6.07, 6.45) is 2.36. The minimum atomic E-state index is -0.400. The summed E-state index contributed by atoms with van der Waals surface area (Å²) >= 11 is 5.95. The zero-order chi connectivity index (χ0) is 15.0. The lowest BCUT2D eigenvalue weighted by Crippen LogP contribution is -2.36. The molecule has 1 rings (SSSR count). The molecule has 2 amide bonds. The van der Waals surface area contributed by atoms with Crippen molar-refractivity contribution in [2.24, 2.45) is 0 Å². The largest absolute Gasteiger partial charge is 0.370 e. The first-order valence-corrected chi connectivity index (χ1v) is 6.90. The third kappa shape index (κ3) is 5.05. The number of nitrogens with zero attached hydrogens (tertiary/aromatic N) is 1. The maximum Gasteiger partial charge on any atom is 0.253 e. The van der Waals surface area contributed by atoms with Crippen molar-refractivity contribution < 1.29 is 9.59 Å². The Bertz CT molecular complexity index is 479. The highest BCUT2D eigenvalue weighted by Crippen LogP contribution is 2.17. The van der Waals surface area contributed by atoms with Gasteiger partial charge in [0.2, 0.25) is 5.91 Å². The van der Waals surface area contributed by atoms with Crippen LogP contribution in [0.1, 0.15) is 30.6 Å². The molecule has 1 aromatic heterocycles. The highest BCUT2D eigenvalue weighted by Gasteiger charge is 2.13. The molecule has 0 aromatic carbocycles. The summed E-state index contributed by atoms with van der Waals surface area (Å²) in [5.74, 6) is -0.0574. The van der Waals surface area contributed by atoms with E-state index in [1.54, 1.807) is 6.07 Å². The maximum absolute atomic E-state index is 12.0. The van der Waals surface area contributed by atoms with Gasteiger partial charge < -0.3 is 16.0 Å². The van der Waals surface area contributed by atoms with Gasteiger partial charge in [0.05, 0.1) is 17.1 Å². The molecule has 0 fully saturated rings. The summed E-state index contributed by atoms with van der Waals surface area (Å²) in [6, 6.07) is 1.57. The average molecular weight is 299 g/mol. The van der Waals surface area contributed by atoms with Crippen LogP contribution in [0.5, 0.6) is 0 Å². The minimum Gasteiger partial charge on any atom is -0.370 e. The van der Waals surface area contributed by atoms with Crippen LogP contribution in [0.4, 0.5) is 5.82 Å². The van der Waals surface area contributed by atoms with Crippen LogP contribution in [-0.2, 0) is 4.79 Å². The zero-order valence-electron chi connectivity index (χ0n) is 11.6. The number of halogens is 1. The predicted octanol–water partition coefficient (Wildman–Crippen LogP) is 1.42. The van der Waals surface area contributed by atoms with Crippen LogP contribution in [0.3, 0.4) is 0 Å². The fraction of sp³-hybridized carbons (Fsp3) is 0.462. The summed E-state index contributed by atoms with van der Waals surface area (Å²) < 4.78 is 0. The van der Waals surface area contributed by atoms with Crippen molar-refractivity contribution in [2.75, 3.05) is 25.0 Å². The molecule has 0 bridgehead atoms. The van der Waals surface area contributed by atoms with E-state index in [1.165, 1.54) is 6.20 Å². The number of pyridine rings is 1. The molecule has 6 nitrogen and oxygen atoms in total. The van der Waals surface area contributed by atoms with Crippen LogP contribution in [0.15, 0.2) is 12.3 Å². The highest BCUT2D eigenvalue weighted by atomic mass is 35.5. The molecule has 0 unspecified atom stereocenters. The van der Waals surface area contributed by atoms with Crippen molar-refractivity contribution in [1.29, 1.82) is 0 Å². The first kappa shape index (κ1) is 16.2. The van der Waals surface area contributed by atoms with Gasteiger partial charge >= 0.3 is 0 Å². The molecule has 0 atom stereocenters. The Balaban J connectivity index is 2.68. The second kappa shape index (κ2) is 8.37. The summed E-state index contributed by atoms with van der Waals surface area (Å²) in [4.78, 5) is 27.3. The number of rotatable bonds is 7. The van der Waals surface area contributed by atoms with Crippen molar-refractivity contribution in [2.45, 2.75) is 20.3 Å². The van der Waals surface area contributed by atoms with Gasteiger partial charge in [-0.1, -0.05) is 18.5 Å². The van der Waals surface area contributed by atoms with Crippen LogP contribution in [-0.4, -0.2) is 36.4 Å². The van der Waals surface area contributed by atoms with Crippen molar-refractivity contribution in [3.8, 4) is 0 Å². The first-order valence-electron chi connectivity index (χ1n) is 6.52. The standard InChI is InChI=1S/C13H19ClN4O2/c1-3-5-16-11-6-9(10(14)7-17-11)13(20)18-8-12(19)15-4-2/h6-7H,3-5,8H2,1-2H3,(H,15,19)(H,16,17)(H,18,20). The van der Waals surface area contributed by atoms with Gasteiger partial charge in [-0.05, 0) is 19.4 Å². The van der Waals surface area contributed by atoms with Crippen LogP contribution < -0.4 is 16.0 Å². The van der Waals surface area contributed by atoms with Crippen molar-refractivity contribution in [1.82, 2.24) is 15.6 Å². The quantitative estimate of drug-likeness (QED) is 0.711. The molecular weight excluding hydrogens is 280 g/mol. The molecule has 0 aliphatic carbocycles. The number of nitrogens with one attached hydrogen (secondary N) is 3. The molecule has 20 heavy (non-hydrogen) atoms. The number of anilines is 1. The third-order valence-electron chi connectivity index (χ3n) is 2.44. The summed E-state index contributed by atoms with van der Waals surface area (Å²) in [7, 11) is 0. The molecular formula is C13H19ClN4O2. The third-order valence-corrected chi connectivity index (χ3v) is 2.74. The maximum atomic E-state index is 12.0. The number of carbonyl (C=O) groups excluding carboxylic acids is 2. The Hall–Kier alpha value is -1.82. The fourth-order valence-electron chi connectivity index (χ4n) is 1.48. The van der Waals surface area contributed by atoms with E-state index < -0.39 is 5.91 Å². The summed E-state index contributed by atoms with van der Waals surface area (Å²) in [5, 5.41) is 8.43. The topological polar surface area (TPSA) is 83.1 Å². The lowest BCUT2D eigenvalue weighted by Gasteiger charge is -2.09. The molecule has 0 aliphatic rings. The highest BCUT2D eigenvalue weighted by molar-refractivity contribution is 6.33. The van der Waals surface area contributed by atoms with Gasteiger partial charge in [0.15, 0.2) is 0 Å². The van der Waals surface area contributed by atoms with Crippen molar-refractivity contribution in [3.05, 3.63) is 22.8 Å². The second-order valence-corrected chi connectivity index (χ2v) is 4.52. The molecule has 7 heteroatoms. The molecule has 0 spiro atoms. The van der Waals surface area contributed by atoms with E-state index in [1.807, 2.05) is 13.8 Å². The summed E-state index contributed by atoms with van der Waals surface area (Å²) in [5.41, 5.74) is 0.296. The molecule has 1 heterocycles. The Labute approximate surface area is 123 Å². The number of likely N-dealkylation sites (N-methyl/N-ethyl adjacent to an activating group) is 1. The monoisotopic (exact) mass is 298 g/mol. The van der Waals surface area contributed by atoms with Crippen LogP contribution in [0.2, 0.25) is 5.02 Å². The molecule has 1 aromatic rings. The smallest absolute Gasteiger partial charge is 0.253 e. The van der Waals surface area contributed by atoms with E-state index in [4.69, 9.17) is 11.6 Å². The number of hydrogen-bond acceptors (Lipinski definition) is 4. The minimum absolute atomic E-state index is 0.0803. The SMILES string of the molecule is CCCNc1cc(C(=O)NCC(=O)NCC)c(Cl)cn1. The van der Waals surface area contributed by atoms with E-state index in [9.17, 15) is 9.59 Å². The molecule has 0 radical (unpaired) electrons. The van der Waals surface area contributed by atoms with Crippen molar-refractivity contribution >= 4 is 29.2 Å². The van der Waals surface area contributed by atoms with E-state index in [-0.39, 0.29) is 17.5 Å². The zero-order valence-corrected chi connectivity index (χ0v) is 12.4. The molecule has 3 N–H and O–H groups in total. The van der Waals surface area contributed by atoms with E-state index in [0.717, 1.165) is 13.0 Å². The average Bonchev–Trinajstić information content (AvgIpc) is 2.44. The van der Waals surface area contributed by atoms with Gasteiger partial charge in [-0.3, -0.25) is 9.59 Å². The lowest BCUT2D eigenvalue weighted by atomic mass is 10.2. The first-order chi connectivity index (χ1) is 9.58. The van der Waals surface area contributed by atoms with E-state index in [2.05, 4.69) is 20.9 Å². The van der Waals surface area contributed by atoms with Crippen LogP contribution >= 0.6 is 11.6 Å². The van der Waals surface area contributed by atoms with Gasteiger partial charge in [-0.25, -0.2) is 4.98 Å². The van der Waals surface area contributed by atoms with E-state index in [0.29, 0.717) is 17.9 Å². The Morgan fingerprint density at radius 2 is 2.05 bits per heavy atom.